The molecule has 1 aliphatic carbocycles. The Hall–Kier alpha value is -2.54. The largest absolute Gasteiger partial charge is 0.345 e. The molecule has 128 valence electrons. The zero-order chi connectivity index (χ0) is 17.4. The van der Waals surface area contributed by atoms with E-state index in [1.807, 2.05) is 5.38 Å². The maximum Gasteiger partial charge on any atom is 0.252 e. The van der Waals surface area contributed by atoms with Gasteiger partial charge in [-0.2, -0.15) is 16.4 Å². The molecule has 0 radical (unpaired) electrons. The van der Waals surface area contributed by atoms with Crippen molar-refractivity contribution in [1.82, 2.24) is 15.1 Å². The highest BCUT2D eigenvalue weighted by molar-refractivity contribution is 7.08. The summed E-state index contributed by atoms with van der Waals surface area (Å²) in [7, 11) is 0. The average Bonchev–Trinajstić information content (AvgIpc) is 3.25. The molecule has 4 nitrogen and oxygen atoms in total. The molecule has 0 unspecified atom stereocenters. The molecular weight excluding hydrogens is 344 g/mol. The molecule has 0 fully saturated rings. The number of hydrogen-bond donors (Lipinski definition) is 1. The molecule has 1 amide bonds. The topological polar surface area (TPSA) is 46.9 Å². The number of carbonyl (C=O) groups excluding carboxylic acids is 1. The number of rotatable bonds is 3. The van der Waals surface area contributed by atoms with Crippen molar-refractivity contribution in [2.24, 2.45) is 0 Å². The molecule has 0 aliphatic heterocycles. The number of nitrogens with zero attached hydrogens (tertiary/aromatic N) is 2. The first-order valence-corrected chi connectivity index (χ1v) is 8.93. The first-order valence-electron chi connectivity index (χ1n) is 7.99. The lowest BCUT2D eigenvalue weighted by Gasteiger charge is -2.24. The Balaban J connectivity index is 1.65. The van der Waals surface area contributed by atoms with Gasteiger partial charge in [-0.3, -0.25) is 4.79 Å². The second-order valence-corrected chi connectivity index (χ2v) is 6.76. The fourth-order valence-corrected chi connectivity index (χ4v) is 3.84. The Bertz CT molecular complexity index is 921. The van der Waals surface area contributed by atoms with Gasteiger partial charge in [0, 0.05) is 22.7 Å². The summed E-state index contributed by atoms with van der Waals surface area (Å²) in [5.41, 5.74) is 2.59. The molecule has 0 spiro atoms. The number of amides is 1. The van der Waals surface area contributed by atoms with Gasteiger partial charge in [-0.1, -0.05) is 0 Å². The summed E-state index contributed by atoms with van der Waals surface area (Å²) in [6.45, 7) is 0. The molecular formula is C18H15F2N3OS. The van der Waals surface area contributed by atoms with Crippen LogP contribution < -0.4 is 5.32 Å². The Labute approximate surface area is 147 Å². The molecule has 0 saturated heterocycles. The van der Waals surface area contributed by atoms with Crippen molar-refractivity contribution in [3.8, 4) is 5.69 Å². The van der Waals surface area contributed by atoms with E-state index in [4.69, 9.17) is 0 Å². The van der Waals surface area contributed by atoms with E-state index in [1.54, 1.807) is 17.6 Å². The third-order valence-corrected chi connectivity index (χ3v) is 5.09. The van der Waals surface area contributed by atoms with Crippen LogP contribution in [0.5, 0.6) is 0 Å². The smallest absolute Gasteiger partial charge is 0.252 e. The van der Waals surface area contributed by atoms with E-state index >= 15 is 0 Å². The van der Waals surface area contributed by atoms with Gasteiger partial charge in [0.25, 0.3) is 5.91 Å². The lowest BCUT2D eigenvalue weighted by atomic mass is 9.92. The van der Waals surface area contributed by atoms with Crippen LogP contribution in [0.3, 0.4) is 0 Å². The number of nitrogens with one attached hydrogen (secondary N) is 1. The fourth-order valence-electron chi connectivity index (χ4n) is 3.20. The molecule has 0 saturated carbocycles. The van der Waals surface area contributed by atoms with Gasteiger partial charge in [-0.25, -0.2) is 13.5 Å². The van der Waals surface area contributed by atoms with Crippen molar-refractivity contribution in [3.63, 3.8) is 0 Å². The van der Waals surface area contributed by atoms with Crippen molar-refractivity contribution >= 4 is 17.2 Å². The quantitative estimate of drug-likeness (QED) is 0.768. The lowest BCUT2D eigenvalue weighted by Crippen LogP contribution is -2.30. The number of thiophene rings is 1. The number of carbonyl (C=O) groups is 1. The number of benzene rings is 1. The molecule has 0 bridgehead atoms. The van der Waals surface area contributed by atoms with Crippen molar-refractivity contribution in [1.29, 1.82) is 0 Å². The van der Waals surface area contributed by atoms with Crippen molar-refractivity contribution < 1.29 is 13.6 Å². The van der Waals surface area contributed by atoms with E-state index in [1.165, 1.54) is 28.2 Å². The third kappa shape index (κ3) is 2.95. The van der Waals surface area contributed by atoms with Crippen LogP contribution in [0, 0.1) is 11.6 Å². The van der Waals surface area contributed by atoms with Crippen molar-refractivity contribution in [2.75, 3.05) is 0 Å². The first kappa shape index (κ1) is 16.0. The van der Waals surface area contributed by atoms with Crippen molar-refractivity contribution in [3.05, 3.63) is 69.7 Å². The second-order valence-electron chi connectivity index (χ2n) is 5.98. The van der Waals surface area contributed by atoms with E-state index in [0.29, 0.717) is 5.56 Å². The van der Waals surface area contributed by atoms with Gasteiger partial charge in [0.15, 0.2) is 5.82 Å². The minimum Gasteiger partial charge on any atom is -0.345 e. The molecule has 4 rings (SSSR count). The molecule has 3 aromatic rings. The summed E-state index contributed by atoms with van der Waals surface area (Å²) in [5.74, 6) is -1.40. The Kier molecular flexibility index (Phi) is 4.09. The van der Waals surface area contributed by atoms with Gasteiger partial charge in [0.1, 0.15) is 11.5 Å². The van der Waals surface area contributed by atoms with Gasteiger partial charge in [-0.15, -0.1) is 0 Å². The Morgan fingerprint density at radius 1 is 1.32 bits per heavy atom. The molecule has 2 heterocycles. The minimum atomic E-state index is -0.657. The highest BCUT2D eigenvalue weighted by Gasteiger charge is 2.27. The molecule has 1 N–H and O–H groups in total. The second kappa shape index (κ2) is 6.40. The van der Waals surface area contributed by atoms with Gasteiger partial charge in [0.2, 0.25) is 0 Å². The Morgan fingerprint density at radius 2 is 2.20 bits per heavy atom. The first-order chi connectivity index (χ1) is 12.1. The van der Waals surface area contributed by atoms with E-state index in [0.717, 1.165) is 36.6 Å². The SMILES string of the molecule is O=C(N[C@@H]1CCCc2c1cnn2-c1ccc(F)cc1F)c1ccsc1. The van der Waals surface area contributed by atoms with E-state index in [2.05, 4.69) is 10.4 Å². The monoisotopic (exact) mass is 359 g/mol. The van der Waals surface area contributed by atoms with Gasteiger partial charge >= 0.3 is 0 Å². The number of halogens is 2. The molecule has 25 heavy (non-hydrogen) atoms. The van der Waals surface area contributed by atoms with Gasteiger partial charge in [0.05, 0.1) is 17.8 Å². The van der Waals surface area contributed by atoms with E-state index in [-0.39, 0.29) is 17.6 Å². The van der Waals surface area contributed by atoms with Crippen LogP contribution in [-0.2, 0) is 6.42 Å². The summed E-state index contributed by atoms with van der Waals surface area (Å²) in [4.78, 5) is 12.3. The normalized spacial score (nSPS) is 16.5. The molecule has 2 aromatic heterocycles. The fraction of sp³-hybridized carbons (Fsp3) is 0.222. The maximum atomic E-state index is 14.1. The highest BCUT2D eigenvalue weighted by atomic mass is 32.1. The molecule has 1 aromatic carbocycles. The number of hydrogen-bond acceptors (Lipinski definition) is 3. The average molecular weight is 359 g/mol. The Morgan fingerprint density at radius 3 is 2.96 bits per heavy atom. The predicted molar refractivity (Wildman–Crippen MR) is 90.9 cm³/mol. The summed E-state index contributed by atoms with van der Waals surface area (Å²) in [6, 6.07) is 5.06. The zero-order valence-corrected chi connectivity index (χ0v) is 14.0. The molecule has 7 heteroatoms. The third-order valence-electron chi connectivity index (χ3n) is 4.41. The van der Waals surface area contributed by atoms with Crippen LogP contribution in [0.25, 0.3) is 5.69 Å². The zero-order valence-electron chi connectivity index (χ0n) is 13.2. The van der Waals surface area contributed by atoms with Crippen LogP contribution in [0.1, 0.15) is 40.5 Å². The van der Waals surface area contributed by atoms with Crippen LogP contribution >= 0.6 is 11.3 Å². The summed E-state index contributed by atoms with van der Waals surface area (Å²) in [6.07, 6.45) is 4.06. The standard InChI is InChI=1S/C18H15F2N3OS/c19-12-4-5-17(14(20)8-12)23-16-3-1-2-15(13(16)9-21-23)22-18(24)11-6-7-25-10-11/h4-10,15H,1-3H2,(H,22,24)/t15-/m1/s1. The number of aromatic nitrogens is 2. The minimum absolute atomic E-state index is 0.125. The van der Waals surface area contributed by atoms with Crippen molar-refractivity contribution in [2.45, 2.75) is 25.3 Å². The summed E-state index contributed by atoms with van der Waals surface area (Å²) in [5, 5.41) is 11.0. The van der Waals surface area contributed by atoms with Crippen LogP contribution in [0.15, 0.2) is 41.2 Å². The predicted octanol–water partition coefficient (Wildman–Crippen LogP) is 4.02. The van der Waals surface area contributed by atoms with Gasteiger partial charge in [-0.05, 0) is 42.8 Å². The summed E-state index contributed by atoms with van der Waals surface area (Å²) < 4.78 is 28.8. The number of fused-ring (bicyclic) bond motifs is 1. The van der Waals surface area contributed by atoms with E-state index in [9.17, 15) is 13.6 Å². The highest BCUT2D eigenvalue weighted by Crippen LogP contribution is 2.32. The molecule has 1 atom stereocenters. The molecule has 1 aliphatic rings. The summed E-state index contributed by atoms with van der Waals surface area (Å²) >= 11 is 1.47. The lowest BCUT2D eigenvalue weighted by molar-refractivity contribution is 0.0933. The van der Waals surface area contributed by atoms with Crippen LogP contribution in [-0.4, -0.2) is 15.7 Å². The maximum absolute atomic E-state index is 14.1. The van der Waals surface area contributed by atoms with E-state index < -0.39 is 11.6 Å². The van der Waals surface area contributed by atoms with Gasteiger partial charge < -0.3 is 5.32 Å². The van der Waals surface area contributed by atoms with Crippen LogP contribution in [0.2, 0.25) is 0 Å². The van der Waals surface area contributed by atoms with Crippen LogP contribution in [0.4, 0.5) is 8.78 Å².